The van der Waals surface area contributed by atoms with Gasteiger partial charge in [-0.3, -0.25) is 5.43 Å². The number of thiocarbonyl (C=S) groups is 1. The number of nitrogens with zero attached hydrogens (tertiary/aromatic N) is 1. The van der Waals surface area contributed by atoms with E-state index in [0.29, 0.717) is 11.0 Å². The Hall–Kier alpha value is -1.42. The summed E-state index contributed by atoms with van der Waals surface area (Å²) >= 11 is 5.23. The van der Waals surface area contributed by atoms with E-state index in [1.54, 1.807) is 0 Å². The van der Waals surface area contributed by atoms with Crippen molar-refractivity contribution in [1.29, 1.82) is 0 Å². The van der Waals surface area contributed by atoms with Gasteiger partial charge >= 0.3 is 0 Å². The summed E-state index contributed by atoms with van der Waals surface area (Å²) < 4.78 is 0. The molecule has 0 amide bonds. The molecule has 0 spiro atoms. The maximum atomic E-state index is 5.23. The van der Waals surface area contributed by atoms with E-state index in [4.69, 9.17) is 12.2 Å². The number of hydrazone groups is 1. The number of nitrogens with one attached hydrogen (secondary N) is 2. The van der Waals surface area contributed by atoms with Crippen molar-refractivity contribution < 1.29 is 0 Å². The summed E-state index contributed by atoms with van der Waals surface area (Å²) in [5, 5.41) is 8.20. The highest BCUT2D eigenvalue weighted by Crippen LogP contribution is 2.20. The molecule has 1 aliphatic carbocycles. The van der Waals surface area contributed by atoms with Crippen LogP contribution in [0.2, 0.25) is 0 Å². The Morgan fingerprint density at radius 1 is 1.32 bits per heavy atom. The van der Waals surface area contributed by atoms with Crippen LogP contribution in [-0.4, -0.2) is 10.8 Å². The molecule has 2 N–H and O–H groups in total. The van der Waals surface area contributed by atoms with Gasteiger partial charge in [-0.15, -0.1) is 0 Å². The fraction of sp³-hybridized carbons (Fsp3) is 0.467. The van der Waals surface area contributed by atoms with Crippen LogP contribution in [0.3, 0.4) is 0 Å². The second-order valence-corrected chi connectivity index (χ2v) is 5.44. The molecule has 1 atom stereocenters. The molecule has 3 nitrogen and oxygen atoms in total. The van der Waals surface area contributed by atoms with E-state index in [-0.39, 0.29) is 0 Å². The van der Waals surface area contributed by atoms with E-state index in [0.717, 1.165) is 13.0 Å². The molecule has 19 heavy (non-hydrogen) atoms. The van der Waals surface area contributed by atoms with Crippen LogP contribution in [0.4, 0.5) is 0 Å². The van der Waals surface area contributed by atoms with E-state index in [9.17, 15) is 0 Å². The highest BCUT2D eigenvalue weighted by Gasteiger charge is 2.15. The monoisotopic (exact) mass is 275 g/mol. The lowest BCUT2D eigenvalue weighted by atomic mass is 9.89. The first kappa shape index (κ1) is 14.0. The van der Waals surface area contributed by atoms with Crippen LogP contribution in [0.25, 0.3) is 0 Å². The van der Waals surface area contributed by atoms with Crippen molar-refractivity contribution in [3.63, 3.8) is 0 Å². The molecule has 1 unspecified atom stereocenters. The number of hydrogen-bond acceptors (Lipinski definition) is 2. The minimum absolute atomic E-state index is 0.582. The van der Waals surface area contributed by atoms with Crippen LogP contribution in [0.1, 0.15) is 38.2 Å². The first-order valence-electron chi connectivity index (χ1n) is 6.90. The molecule has 102 valence electrons. The lowest BCUT2D eigenvalue weighted by Crippen LogP contribution is -2.33. The lowest BCUT2D eigenvalue weighted by Gasteiger charge is -2.20. The van der Waals surface area contributed by atoms with Crippen LogP contribution in [0.5, 0.6) is 0 Å². The molecule has 0 aliphatic heterocycles. The van der Waals surface area contributed by atoms with Gasteiger partial charge in [0, 0.05) is 12.3 Å². The van der Waals surface area contributed by atoms with Crippen molar-refractivity contribution in [2.45, 2.75) is 39.2 Å². The topological polar surface area (TPSA) is 36.4 Å². The van der Waals surface area contributed by atoms with E-state index < -0.39 is 0 Å². The Balaban J connectivity index is 1.77. The average molecular weight is 275 g/mol. The summed E-state index contributed by atoms with van der Waals surface area (Å²) in [7, 11) is 0. The highest BCUT2D eigenvalue weighted by molar-refractivity contribution is 7.80. The third-order valence-electron chi connectivity index (χ3n) is 3.49. The van der Waals surface area contributed by atoms with E-state index in [1.807, 2.05) is 18.2 Å². The quantitative estimate of drug-likeness (QED) is 0.657. The predicted octanol–water partition coefficient (Wildman–Crippen LogP) is 3.22. The molecular weight excluding hydrogens is 254 g/mol. The maximum Gasteiger partial charge on any atom is 0.187 e. The SMILES string of the molecule is CC1CCCC/C1=N\NC(=S)NCc1ccccc1. The summed E-state index contributed by atoms with van der Waals surface area (Å²) in [5.74, 6) is 0.582. The molecule has 0 aromatic heterocycles. The molecule has 2 rings (SSSR count). The number of rotatable bonds is 3. The normalized spacial score (nSPS) is 21.1. The minimum Gasteiger partial charge on any atom is -0.357 e. The van der Waals surface area contributed by atoms with Gasteiger partial charge in [0.25, 0.3) is 0 Å². The first-order valence-corrected chi connectivity index (χ1v) is 7.31. The third kappa shape index (κ3) is 4.63. The van der Waals surface area contributed by atoms with E-state index in [2.05, 4.69) is 34.9 Å². The molecular formula is C15H21N3S. The summed E-state index contributed by atoms with van der Waals surface area (Å²) in [6.07, 6.45) is 4.89. The van der Waals surface area contributed by atoms with Crippen molar-refractivity contribution in [3.05, 3.63) is 35.9 Å². The van der Waals surface area contributed by atoms with Gasteiger partial charge in [-0.1, -0.05) is 43.7 Å². The first-order chi connectivity index (χ1) is 9.25. The zero-order chi connectivity index (χ0) is 13.5. The fourth-order valence-corrected chi connectivity index (χ4v) is 2.39. The van der Waals surface area contributed by atoms with E-state index in [1.165, 1.54) is 30.5 Å². The molecule has 1 fully saturated rings. The van der Waals surface area contributed by atoms with Gasteiger partial charge in [-0.2, -0.15) is 5.10 Å². The lowest BCUT2D eigenvalue weighted by molar-refractivity contribution is 0.555. The average Bonchev–Trinajstić information content (AvgIpc) is 2.45. The van der Waals surface area contributed by atoms with Crippen LogP contribution in [0, 0.1) is 5.92 Å². The van der Waals surface area contributed by atoms with Crippen LogP contribution in [-0.2, 0) is 6.54 Å². The summed E-state index contributed by atoms with van der Waals surface area (Å²) in [6, 6.07) is 10.2. The van der Waals surface area contributed by atoms with Gasteiger partial charge in [0.05, 0.1) is 0 Å². The van der Waals surface area contributed by atoms with Crippen LogP contribution < -0.4 is 10.7 Å². The minimum atomic E-state index is 0.582. The molecule has 0 saturated heterocycles. The van der Waals surface area contributed by atoms with Crippen molar-refractivity contribution in [2.75, 3.05) is 0 Å². The summed E-state index contributed by atoms with van der Waals surface area (Å²) in [5.41, 5.74) is 5.42. The van der Waals surface area contributed by atoms with Crippen LogP contribution >= 0.6 is 12.2 Å². The van der Waals surface area contributed by atoms with Crippen molar-refractivity contribution >= 4 is 23.0 Å². The van der Waals surface area contributed by atoms with Gasteiger partial charge in [0.2, 0.25) is 0 Å². The maximum absolute atomic E-state index is 5.23. The zero-order valence-corrected chi connectivity index (χ0v) is 12.2. The predicted molar refractivity (Wildman–Crippen MR) is 84.1 cm³/mol. The standard InChI is InChI=1S/C15H21N3S/c1-12-7-5-6-10-14(12)17-18-15(19)16-11-13-8-3-2-4-9-13/h2-4,8-9,12H,5-7,10-11H2,1H3,(H2,16,18,19)/b17-14+. The van der Waals surface area contributed by atoms with Crippen molar-refractivity contribution in [3.8, 4) is 0 Å². The van der Waals surface area contributed by atoms with Gasteiger partial charge < -0.3 is 5.32 Å². The highest BCUT2D eigenvalue weighted by atomic mass is 32.1. The molecule has 1 saturated carbocycles. The van der Waals surface area contributed by atoms with Gasteiger partial charge in [-0.25, -0.2) is 0 Å². The van der Waals surface area contributed by atoms with Gasteiger partial charge in [0.1, 0.15) is 0 Å². The smallest absolute Gasteiger partial charge is 0.187 e. The van der Waals surface area contributed by atoms with Crippen molar-refractivity contribution in [2.24, 2.45) is 11.0 Å². The third-order valence-corrected chi connectivity index (χ3v) is 3.72. The second kappa shape index (κ2) is 7.24. The largest absolute Gasteiger partial charge is 0.357 e. The molecule has 1 aliphatic rings. The van der Waals surface area contributed by atoms with Gasteiger partial charge in [0.15, 0.2) is 5.11 Å². The fourth-order valence-electron chi connectivity index (χ4n) is 2.28. The molecule has 1 aromatic carbocycles. The zero-order valence-electron chi connectivity index (χ0n) is 11.4. The summed E-state index contributed by atoms with van der Waals surface area (Å²) in [6.45, 7) is 2.97. The Labute approximate surface area is 120 Å². The molecule has 1 aromatic rings. The molecule has 0 radical (unpaired) electrons. The number of benzene rings is 1. The Kier molecular flexibility index (Phi) is 5.33. The number of hydrogen-bond donors (Lipinski definition) is 2. The molecule has 4 heteroatoms. The Morgan fingerprint density at radius 2 is 2.11 bits per heavy atom. The Morgan fingerprint density at radius 3 is 2.84 bits per heavy atom. The molecule has 0 heterocycles. The second-order valence-electron chi connectivity index (χ2n) is 5.03. The van der Waals surface area contributed by atoms with Crippen molar-refractivity contribution in [1.82, 2.24) is 10.7 Å². The Bertz CT molecular complexity index is 442. The summed E-state index contributed by atoms with van der Waals surface area (Å²) in [4.78, 5) is 0. The molecule has 0 bridgehead atoms. The van der Waals surface area contributed by atoms with Gasteiger partial charge in [-0.05, 0) is 43.0 Å². The van der Waals surface area contributed by atoms with Crippen LogP contribution in [0.15, 0.2) is 35.4 Å². The van der Waals surface area contributed by atoms with E-state index >= 15 is 0 Å².